The molecule has 0 aromatic heterocycles. The van der Waals surface area contributed by atoms with E-state index in [1.54, 1.807) is 24.9 Å². The van der Waals surface area contributed by atoms with Gasteiger partial charge in [0.25, 0.3) is 0 Å². The van der Waals surface area contributed by atoms with Gasteiger partial charge in [-0.15, -0.1) is 0 Å². The molecule has 1 aromatic carbocycles. The molecule has 1 rings (SSSR count). The fourth-order valence-electron chi connectivity index (χ4n) is 1.42. The van der Waals surface area contributed by atoms with Gasteiger partial charge >= 0.3 is 0 Å². The minimum atomic E-state index is -0.254. The molecule has 0 bridgehead atoms. The fourth-order valence-corrected chi connectivity index (χ4v) is 1.89. The first kappa shape index (κ1) is 17.3. The van der Waals surface area contributed by atoms with Gasteiger partial charge in [-0.25, -0.2) is 4.39 Å². The lowest BCUT2D eigenvalue weighted by molar-refractivity contribution is 0.617. The molecule has 0 amide bonds. The summed E-state index contributed by atoms with van der Waals surface area (Å²) >= 11 is 4.94. The number of nitrogens with one attached hydrogen (secondary N) is 2. The van der Waals surface area contributed by atoms with Crippen LogP contribution in [0.15, 0.2) is 27.7 Å². The number of hydrogen-bond donors (Lipinski definition) is 2. The Kier molecular flexibility index (Phi) is 6.82. The topological polar surface area (TPSA) is 36.4 Å². The van der Waals surface area contributed by atoms with Crippen LogP contribution in [0.1, 0.15) is 19.4 Å². The molecule has 6 heteroatoms. The monoisotopic (exact) mass is 361 g/mol. The van der Waals surface area contributed by atoms with Crippen molar-refractivity contribution in [1.29, 1.82) is 0 Å². The Morgan fingerprint density at radius 1 is 1.40 bits per heavy atom. The lowest BCUT2D eigenvalue weighted by atomic mass is 10.2. The molecule has 0 unspecified atom stereocenters. The van der Waals surface area contributed by atoms with Crippen molar-refractivity contribution >= 4 is 33.7 Å². The van der Waals surface area contributed by atoms with Crippen LogP contribution in [-0.4, -0.2) is 30.6 Å². The summed E-state index contributed by atoms with van der Waals surface area (Å²) in [6, 6.07) is 5.09. The molecule has 0 heterocycles. The molecular weight excluding hydrogens is 341 g/mol. The Balaban J connectivity index is 2.51. The van der Waals surface area contributed by atoms with Crippen LogP contribution in [0, 0.1) is 5.82 Å². The smallest absolute Gasteiger partial charge is 0.191 e. The molecule has 0 radical (unpaired) electrons. The molecule has 0 aliphatic rings. The molecule has 3 nitrogen and oxygen atoms in total. The molecule has 1 aromatic rings. The van der Waals surface area contributed by atoms with Crippen LogP contribution in [0.2, 0.25) is 0 Å². The number of halogens is 2. The second kappa shape index (κ2) is 7.88. The van der Waals surface area contributed by atoms with Crippen molar-refractivity contribution < 1.29 is 4.39 Å². The highest BCUT2D eigenvalue weighted by molar-refractivity contribution is 9.10. The quantitative estimate of drug-likeness (QED) is 0.623. The molecule has 0 aliphatic heterocycles. The molecule has 20 heavy (non-hydrogen) atoms. The van der Waals surface area contributed by atoms with Crippen molar-refractivity contribution in [2.24, 2.45) is 4.99 Å². The first-order chi connectivity index (χ1) is 9.38. The van der Waals surface area contributed by atoms with Crippen LogP contribution in [0.4, 0.5) is 4.39 Å². The number of thioether (sulfide) groups is 1. The lowest BCUT2D eigenvalue weighted by Gasteiger charge is -2.23. The zero-order valence-electron chi connectivity index (χ0n) is 12.3. The minimum Gasteiger partial charge on any atom is -0.355 e. The van der Waals surface area contributed by atoms with E-state index in [1.807, 2.05) is 6.07 Å². The molecule has 0 fully saturated rings. The zero-order chi connectivity index (χ0) is 15.2. The van der Waals surface area contributed by atoms with E-state index < -0.39 is 0 Å². The normalized spacial score (nSPS) is 12.4. The average Bonchev–Trinajstić information content (AvgIpc) is 2.42. The van der Waals surface area contributed by atoms with E-state index in [2.05, 4.69) is 51.7 Å². The first-order valence-electron chi connectivity index (χ1n) is 6.31. The van der Waals surface area contributed by atoms with E-state index in [1.165, 1.54) is 6.07 Å². The van der Waals surface area contributed by atoms with Gasteiger partial charge in [0.15, 0.2) is 5.96 Å². The summed E-state index contributed by atoms with van der Waals surface area (Å²) in [5.74, 6) is 0.464. The Hall–Kier alpha value is -0.750. The minimum absolute atomic E-state index is 0.140. The van der Waals surface area contributed by atoms with E-state index >= 15 is 0 Å². The third kappa shape index (κ3) is 5.71. The third-order valence-corrected chi connectivity index (χ3v) is 4.79. The van der Waals surface area contributed by atoms with Crippen molar-refractivity contribution in [3.8, 4) is 0 Å². The summed E-state index contributed by atoms with van der Waals surface area (Å²) in [6.45, 7) is 5.68. The fraction of sp³-hybridized carbons (Fsp3) is 0.500. The maximum absolute atomic E-state index is 13.4. The number of nitrogens with zero attached hydrogens (tertiary/aromatic N) is 1. The van der Waals surface area contributed by atoms with Crippen molar-refractivity contribution in [1.82, 2.24) is 10.6 Å². The van der Waals surface area contributed by atoms with Crippen molar-refractivity contribution in [2.45, 2.75) is 25.1 Å². The first-order valence-corrected chi connectivity index (χ1v) is 8.33. The van der Waals surface area contributed by atoms with Crippen molar-refractivity contribution in [2.75, 3.05) is 19.8 Å². The van der Waals surface area contributed by atoms with Gasteiger partial charge in [0.05, 0.1) is 4.47 Å². The summed E-state index contributed by atoms with van der Waals surface area (Å²) in [5, 5.41) is 6.45. The molecule has 0 atom stereocenters. The van der Waals surface area contributed by atoms with Gasteiger partial charge in [0.2, 0.25) is 0 Å². The summed E-state index contributed by atoms with van der Waals surface area (Å²) < 4.78 is 14.0. The number of rotatable bonds is 5. The van der Waals surface area contributed by atoms with Gasteiger partial charge in [-0.1, -0.05) is 6.07 Å². The van der Waals surface area contributed by atoms with Crippen LogP contribution in [0.25, 0.3) is 0 Å². The highest BCUT2D eigenvalue weighted by atomic mass is 79.9. The van der Waals surface area contributed by atoms with E-state index in [9.17, 15) is 4.39 Å². The number of hydrogen-bond acceptors (Lipinski definition) is 2. The maximum Gasteiger partial charge on any atom is 0.191 e. The standard InChI is InChI=1S/C14H21BrFN3S/c1-14(2,20-4)9-19-13(17-3)18-8-10-5-6-11(15)12(16)7-10/h5-7H,8-9H2,1-4H3,(H2,17,18,19). The molecule has 0 aliphatic carbocycles. The number of guanidine groups is 1. The van der Waals surface area contributed by atoms with Gasteiger partial charge in [0.1, 0.15) is 5.82 Å². The molecule has 0 spiro atoms. The van der Waals surface area contributed by atoms with Crippen LogP contribution in [-0.2, 0) is 6.54 Å². The van der Waals surface area contributed by atoms with Crippen molar-refractivity contribution in [3.63, 3.8) is 0 Å². The van der Waals surface area contributed by atoms with Gasteiger partial charge < -0.3 is 10.6 Å². The Morgan fingerprint density at radius 2 is 2.10 bits per heavy atom. The Labute approximate surface area is 133 Å². The van der Waals surface area contributed by atoms with E-state index in [4.69, 9.17) is 0 Å². The maximum atomic E-state index is 13.4. The molecule has 0 saturated carbocycles. The largest absolute Gasteiger partial charge is 0.355 e. The van der Waals surface area contributed by atoms with Crippen LogP contribution >= 0.6 is 27.7 Å². The van der Waals surface area contributed by atoms with E-state index in [-0.39, 0.29) is 10.6 Å². The molecule has 0 saturated heterocycles. The van der Waals surface area contributed by atoms with Crippen LogP contribution < -0.4 is 10.6 Å². The Bertz CT molecular complexity index is 477. The van der Waals surface area contributed by atoms with Gasteiger partial charge in [-0.3, -0.25) is 4.99 Å². The van der Waals surface area contributed by atoms with Crippen LogP contribution in [0.3, 0.4) is 0 Å². The van der Waals surface area contributed by atoms with Gasteiger partial charge in [0, 0.05) is 24.9 Å². The predicted octanol–water partition coefficient (Wildman–Crippen LogP) is 3.39. The average molecular weight is 362 g/mol. The third-order valence-electron chi connectivity index (χ3n) is 2.90. The zero-order valence-corrected chi connectivity index (χ0v) is 14.7. The lowest BCUT2D eigenvalue weighted by Crippen LogP contribution is -2.42. The van der Waals surface area contributed by atoms with E-state index in [0.717, 1.165) is 18.1 Å². The summed E-state index contributed by atoms with van der Waals surface area (Å²) in [4.78, 5) is 4.16. The van der Waals surface area contributed by atoms with E-state index in [0.29, 0.717) is 11.0 Å². The highest BCUT2D eigenvalue weighted by Gasteiger charge is 2.16. The van der Waals surface area contributed by atoms with Crippen molar-refractivity contribution in [3.05, 3.63) is 34.1 Å². The summed E-state index contributed by atoms with van der Waals surface area (Å²) in [5.41, 5.74) is 0.873. The second-order valence-corrected chi connectivity index (χ2v) is 7.36. The highest BCUT2D eigenvalue weighted by Crippen LogP contribution is 2.19. The number of aliphatic imine (C=N–C) groups is 1. The van der Waals surface area contributed by atoms with Crippen LogP contribution in [0.5, 0.6) is 0 Å². The molecule has 112 valence electrons. The molecular formula is C14H21BrFN3S. The predicted molar refractivity (Wildman–Crippen MR) is 89.9 cm³/mol. The second-order valence-electron chi connectivity index (χ2n) is 4.99. The number of benzene rings is 1. The van der Waals surface area contributed by atoms with Gasteiger partial charge in [-0.2, -0.15) is 11.8 Å². The summed E-state index contributed by atoms with van der Waals surface area (Å²) in [6.07, 6.45) is 2.09. The molecule has 2 N–H and O–H groups in total. The SMILES string of the molecule is CN=C(NCc1ccc(Br)c(F)c1)NCC(C)(C)SC. The summed E-state index contributed by atoms with van der Waals surface area (Å²) in [7, 11) is 1.73. The Morgan fingerprint density at radius 3 is 2.65 bits per heavy atom. The van der Waals surface area contributed by atoms with Gasteiger partial charge in [-0.05, 0) is 53.7 Å².